The van der Waals surface area contributed by atoms with Crippen molar-refractivity contribution in [3.05, 3.63) is 35.9 Å². The molecule has 1 amide bonds. The molecule has 1 aromatic carbocycles. The molecule has 2 fully saturated rings. The molecule has 0 bridgehead atoms. The summed E-state index contributed by atoms with van der Waals surface area (Å²) in [6.07, 6.45) is 1.83. The number of piperidine rings is 1. The molecular formula is C28H36N8O4. The van der Waals surface area contributed by atoms with Gasteiger partial charge in [-0.1, -0.05) is 12.1 Å². The molecule has 2 aliphatic rings. The van der Waals surface area contributed by atoms with E-state index in [0.717, 1.165) is 23.9 Å². The Kier molecular flexibility index (Phi) is 6.93. The van der Waals surface area contributed by atoms with Gasteiger partial charge in [0.1, 0.15) is 5.82 Å². The number of imidazole rings is 2. The molecule has 0 unspecified atom stereocenters. The van der Waals surface area contributed by atoms with Crippen molar-refractivity contribution in [3.63, 3.8) is 0 Å². The molecule has 12 nitrogen and oxygen atoms in total. The summed E-state index contributed by atoms with van der Waals surface area (Å²) in [7, 11) is 1.81. The van der Waals surface area contributed by atoms with Crippen LogP contribution in [0.2, 0.25) is 0 Å². The first-order chi connectivity index (χ1) is 19.3. The van der Waals surface area contributed by atoms with E-state index in [1.54, 1.807) is 4.57 Å². The molecule has 0 atom stereocenters. The first-order valence-electron chi connectivity index (χ1n) is 13.9. The summed E-state index contributed by atoms with van der Waals surface area (Å²) in [5.74, 6) is 2.02. The van der Waals surface area contributed by atoms with E-state index < -0.39 is 5.60 Å². The average Bonchev–Trinajstić information content (AvgIpc) is 3.49. The summed E-state index contributed by atoms with van der Waals surface area (Å²) in [6.45, 7) is 7.16. The summed E-state index contributed by atoms with van der Waals surface area (Å²) < 4.78 is 9.22. The van der Waals surface area contributed by atoms with Gasteiger partial charge in [-0.3, -0.25) is 9.36 Å². The second-order valence-electron chi connectivity index (χ2n) is 11.2. The summed E-state index contributed by atoms with van der Waals surface area (Å²) in [6, 6.07) is 7.75. The molecule has 3 aromatic heterocycles. The van der Waals surface area contributed by atoms with E-state index in [1.165, 1.54) is 0 Å². The van der Waals surface area contributed by atoms with Crippen LogP contribution in [0.15, 0.2) is 24.3 Å². The topological polar surface area (TPSA) is 135 Å². The van der Waals surface area contributed by atoms with Crippen molar-refractivity contribution >= 4 is 33.9 Å². The summed E-state index contributed by atoms with van der Waals surface area (Å²) >= 11 is 0. The predicted molar refractivity (Wildman–Crippen MR) is 150 cm³/mol. The molecule has 6 rings (SSSR count). The number of para-hydroxylation sites is 2. The standard InChI is InChI=1S/C28H36N8O4/c1-28(2,39)18-8-11-35(12-9-18)26(38)25-30-22-23(33(25)3)31-27(32-24(22)34-13-16-40-17-14-34)36-20-7-5-4-6-19(20)29-21(36)10-15-37/h4-7,18,37,39H,8-17H2,1-3H3. The van der Waals surface area contributed by atoms with Crippen LogP contribution in [0.5, 0.6) is 0 Å². The van der Waals surface area contributed by atoms with E-state index in [-0.39, 0.29) is 18.4 Å². The SMILES string of the molecule is Cn1c(C(=O)N2CCC(C(C)(C)O)CC2)nc2c(N3CCOCC3)nc(-n3c(CCO)nc4ccccc43)nc21. The van der Waals surface area contributed by atoms with Gasteiger partial charge in [0, 0.05) is 39.6 Å². The van der Waals surface area contributed by atoms with Crippen LogP contribution < -0.4 is 4.90 Å². The van der Waals surface area contributed by atoms with E-state index in [0.29, 0.717) is 80.4 Å². The second kappa shape index (κ2) is 10.4. The largest absolute Gasteiger partial charge is 0.396 e. The lowest BCUT2D eigenvalue weighted by atomic mass is 9.83. The molecule has 0 saturated carbocycles. The van der Waals surface area contributed by atoms with Gasteiger partial charge in [0.05, 0.1) is 36.5 Å². The molecule has 12 heteroatoms. The zero-order valence-corrected chi connectivity index (χ0v) is 23.2. The lowest BCUT2D eigenvalue weighted by molar-refractivity contribution is -0.0110. The number of rotatable bonds is 6. The zero-order valence-electron chi connectivity index (χ0n) is 23.2. The Morgan fingerprint density at radius 3 is 2.48 bits per heavy atom. The molecule has 2 aliphatic heterocycles. The highest BCUT2D eigenvalue weighted by Crippen LogP contribution is 2.31. The Morgan fingerprint density at radius 1 is 1.05 bits per heavy atom. The number of fused-ring (bicyclic) bond motifs is 2. The molecule has 40 heavy (non-hydrogen) atoms. The van der Waals surface area contributed by atoms with Crippen molar-refractivity contribution in [1.82, 2.24) is 34.0 Å². The number of nitrogens with zero attached hydrogens (tertiary/aromatic N) is 8. The van der Waals surface area contributed by atoms with Crippen molar-refractivity contribution in [2.45, 2.75) is 38.7 Å². The Bertz CT molecular complexity index is 1540. The lowest BCUT2D eigenvalue weighted by Crippen LogP contribution is -2.44. The number of morpholine rings is 1. The van der Waals surface area contributed by atoms with Gasteiger partial charge >= 0.3 is 0 Å². The van der Waals surface area contributed by atoms with Crippen LogP contribution >= 0.6 is 0 Å². The van der Waals surface area contributed by atoms with E-state index in [2.05, 4.69) is 4.90 Å². The minimum Gasteiger partial charge on any atom is -0.396 e. The van der Waals surface area contributed by atoms with Crippen molar-refractivity contribution in [1.29, 1.82) is 0 Å². The van der Waals surface area contributed by atoms with E-state index in [9.17, 15) is 15.0 Å². The van der Waals surface area contributed by atoms with Crippen LogP contribution in [0.3, 0.4) is 0 Å². The van der Waals surface area contributed by atoms with Crippen molar-refractivity contribution in [3.8, 4) is 5.95 Å². The molecule has 2 saturated heterocycles. The Labute approximate surface area is 232 Å². The number of hydrogen-bond donors (Lipinski definition) is 2. The molecule has 4 aromatic rings. The third-order valence-electron chi connectivity index (χ3n) is 8.14. The fraction of sp³-hybridized carbons (Fsp3) is 0.536. The van der Waals surface area contributed by atoms with Crippen LogP contribution in [0, 0.1) is 5.92 Å². The van der Waals surface area contributed by atoms with Gasteiger partial charge in [0.25, 0.3) is 5.91 Å². The Balaban J connectivity index is 1.46. The third kappa shape index (κ3) is 4.69. The van der Waals surface area contributed by atoms with Crippen LogP contribution in [0.4, 0.5) is 5.82 Å². The number of aromatic nitrogens is 6. The number of aliphatic hydroxyl groups is 2. The minimum atomic E-state index is -0.765. The van der Waals surface area contributed by atoms with Crippen molar-refractivity contribution in [2.24, 2.45) is 13.0 Å². The minimum absolute atomic E-state index is 0.0591. The normalized spacial score (nSPS) is 17.3. The van der Waals surface area contributed by atoms with Gasteiger partial charge in [-0.2, -0.15) is 9.97 Å². The first kappa shape index (κ1) is 26.6. The molecule has 0 radical (unpaired) electrons. The van der Waals surface area contributed by atoms with Crippen LogP contribution in [-0.4, -0.2) is 102 Å². The number of aryl methyl sites for hydroxylation is 1. The van der Waals surface area contributed by atoms with Crippen LogP contribution in [-0.2, 0) is 18.2 Å². The van der Waals surface area contributed by atoms with Gasteiger partial charge in [-0.25, -0.2) is 9.97 Å². The average molecular weight is 549 g/mol. The van der Waals surface area contributed by atoms with Gasteiger partial charge in [-0.15, -0.1) is 0 Å². The van der Waals surface area contributed by atoms with E-state index in [1.807, 2.05) is 54.6 Å². The number of carbonyl (C=O) groups is 1. The lowest BCUT2D eigenvalue weighted by Gasteiger charge is -2.37. The number of carbonyl (C=O) groups excluding carboxylic acids is 1. The highest BCUT2D eigenvalue weighted by molar-refractivity contribution is 5.96. The summed E-state index contributed by atoms with van der Waals surface area (Å²) in [4.78, 5) is 37.1. The number of anilines is 1. The number of amides is 1. The fourth-order valence-electron chi connectivity index (χ4n) is 5.82. The number of benzene rings is 1. The van der Waals surface area contributed by atoms with Gasteiger partial charge in [0.15, 0.2) is 17.0 Å². The summed E-state index contributed by atoms with van der Waals surface area (Å²) in [5.41, 5.74) is 1.98. The third-order valence-corrected chi connectivity index (χ3v) is 8.14. The predicted octanol–water partition coefficient (Wildman–Crippen LogP) is 1.70. The maximum atomic E-state index is 13.7. The van der Waals surface area contributed by atoms with Gasteiger partial charge < -0.3 is 29.3 Å². The molecular weight excluding hydrogens is 512 g/mol. The molecule has 2 N–H and O–H groups in total. The quantitative estimate of drug-likeness (QED) is 0.369. The highest BCUT2D eigenvalue weighted by Gasteiger charge is 2.34. The van der Waals surface area contributed by atoms with Crippen molar-refractivity contribution < 1.29 is 19.7 Å². The first-order valence-corrected chi connectivity index (χ1v) is 13.9. The van der Waals surface area contributed by atoms with Crippen LogP contribution in [0.1, 0.15) is 43.1 Å². The molecule has 212 valence electrons. The zero-order chi connectivity index (χ0) is 28.0. The maximum Gasteiger partial charge on any atom is 0.289 e. The Morgan fingerprint density at radius 2 is 1.77 bits per heavy atom. The number of ether oxygens (including phenoxy) is 1. The number of hydrogen-bond acceptors (Lipinski definition) is 9. The molecule has 5 heterocycles. The van der Waals surface area contributed by atoms with Gasteiger partial charge in [0.2, 0.25) is 11.8 Å². The van der Waals surface area contributed by atoms with Crippen molar-refractivity contribution in [2.75, 3.05) is 50.9 Å². The smallest absolute Gasteiger partial charge is 0.289 e. The molecule has 0 aliphatic carbocycles. The fourth-order valence-corrected chi connectivity index (χ4v) is 5.82. The Hall–Kier alpha value is -3.61. The monoisotopic (exact) mass is 548 g/mol. The van der Waals surface area contributed by atoms with E-state index in [4.69, 9.17) is 24.7 Å². The van der Waals surface area contributed by atoms with E-state index >= 15 is 0 Å². The highest BCUT2D eigenvalue weighted by atomic mass is 16.5. The van der Waals surface area contributed by atoms with Crippen LogP contribution in [0.25, 0.3) is 28.1 Å². The number of likely N-dealkylation sites (tertiary alicyclic amines) is 1. The summed E-state index contributed by atoms with van der Waals surface area (Å²) in [5, 5.41) is 20.2. The second-order valence-corrected chi connectivity index (χ2v) is 11.2. The molecule has 0 spiro atoms. The number of aliphatic hydroxyl groups excluding tert-OH is 1. The maximum absolute atomic E-state index is 13.7. The van der Waals surface area contributed by atoms with Gasteiger partial charge in [-0.05, 0) is 44.7 Å².